The average molecular weight is 459 g/mol. The van der Waals surface area contributed by atoms with Crippen LogP contribution in [0, 0.1) is 13.8 Å². The van der Waals surface area contributed by atoms with Crippen LogP contribution in [0.2, 0.25) is 0 Å². The number of nitrogens with zero attached hydrogens (tertiary/aromatic N) is 1. The number of alkyl halides is 3. The molecule has 2 rings (SSSR count). The number of aryl methyl sites for hydroxylation is 1. The number of sulfonamides is 1. The molecule has 0 bridgehead atoms. The van der Waals surface area contributed by atoms with Crippen LogP contribution in [-0.4, -0.2) is 39.8 Å². The van der Waals surface area contributed by atoms with Crippen molar-refractivity contribution in [3.8, 4) is 5.75 Å². The van der Waals surface area contributed by atoms with Crippen molar-refractivity contribution in [1.82, 2.24) is 5.32 Å². The number of halogens is 3. The predicted molar refractivity (Wildman–Crippen MR) is 113 cm³/mol. The quantitative estimate of drug-likeness (QED) is 0.613. The third kappa shape index (κ3) is 6.36. The Balaban J connectivity index is 2.09. The number of rotatable bonds is 8. The fourth-order valence-electron chi connectivity index (χ4n) is 2.99. The van der Waals surface area contributed by atoms with Crippen molar-refractivity contribution in [3.63, 3.8) is 0 Å². The number of carbonyl (C=O) groups excluding carboxylic acids is 1. The third-order valence-electron chi connectivity index (χ3n) is 4.73. The lowest BCUT2D eigenvalue weighted by molar-refractivity contribution is -0.137. The van der Waals surface area contributed by atoms with Gasteiger partial charge in [0.05, 0.1) is 24.1 Å². The van der Waals surface area contributed by atoms with Gasteiger partial charge in [-0.25, -0.2) is 8.42 Å². The number of carbonyl (C=O) groups is 1. The van der Waals surface area contributed by atoms with Crippen LogP contribution < -0.4 is 14.4 Å². The van der Waals surface area contributed by atoms with Crippen molar-refractivity contribution in [2.75, 3.05) is 23.7 Å². The summed E-state index contributed by atoms with van der Waals surface area (Å²) >= 11 is 0. The molecule has 0 aliphatic rings. The van der Waals surface area contributed by atoms with E-state index in [0.717, 1.165) is 29.5 Å². The van der Waals surface area contributed by atoms with E-state index in [4.69, 9.17) is 4.74 Å². The Morgan fingerprint density at radius 3 is 2.42 bits per heavy atom. The third-order valence-corrected chi connectivity index (χ3v) is 5.97. The lowest BCUT2D eigenvalue weighted by Gasteiger charge is -2.28. The number of hydrogen-bond acceptors (Lipinski definition) is 4. The zero-order valence-electron chi connectivity index (χ0n) is 17.7. The Bertz CT molecular complexity index is 1040. The Kier molecular flexibility index (Phi) is 7.58. The van der Waals surface area contributed by atoms with Crippen molar-refractivity contribution < 1.29 is 31.1 Å². The van der Waals surface area contributed by atoms with Crippen LogP contribution in [0.25, 0.3) is 0 Å². The van der Waals surface area contributed by atoms with E-state index in [2.05, 4.69) is 5.32 Å². The molecule has 1 atom stereocenters. The second-order valence-electron chi connectivity index (χ2n) is 7.12. The van der Waals surface area contributed by atoms with Gasteiger partial charge in [-0.2, -0.15) is 13.2 Å². The maximum absolute atomic E-state index is 13.0. The van der Waals surface area contributed by atoms with Gasteiger partial charge in [0.25, 0.3) is 0 Å². The van der Waals surface area contributed by atoms with Crippen LogP contribution in [0.15, 0.2) is 42.5 Å². The molecule has 0 heterocycles. The predicted octanol–water partition coefficient (Wildman–Crippen LogP) is 3.67. The van der Waals surface area contributed by atoms with E-state index in [1.807, 2.05) is 26.0 Å². The highest BCUT2D eigenvalue weighted by Gasteiger charge is 2.34. The van der Waals surface area contributed by atoms with E-state index < -0.39 is 33.7 Å². The first-order chi connectivity index (χ1) is 14.3. The van der Waals surface area contributed by atoms with Crippen molar-refractivity contribution in [2.24, 2.45) is 0 Å². The van der Waals surface area contributed by atoms with Gasteiger partial charge in [-0.05, 0) is 56.2 Å². The van der Waals surface area contributed by atoms with Crippen molar-refractivity contribution in [3.05, 3.63) is 59.2 Å². The summed E-state index contributed by atoms with van der Waals surface area (Å²) < 4.78 is 69.9. The molecule has 0 saturated carbocycles. The molecule has 2 aromatic rings. The van der Waals surface area contributed by atoms with Gasteiger partial charge in [0.1, 0.15) is 18.4 Å². The molecule has 1 amide bonds. The van der Waals surface area contributed by atoms with Crippen LogP contribution in [0.5, 0.6) is 5.75 Å². The lowest BCUT2D eigenvalue weighted by atomic mass is 10.1. The number of ether oxygens (including phenoxy) is 1. The highest BCUT2D eigenvalue weighted by molar-refractivity contribution is 7.92. The van der Waals surface area contributed by atoms with Gasteiger partial charge in [-0.15, -0.1) is 0 Å². The first-order valence-corrected chi connectivity index (χ1v) is 11.3. The SMILES string of the molecule is Cc1cccc(OCCNC(=O)[C@H](C)N(c2cccc(C(F)(F)F)c2)S(C)(=O)=O)c1C. The summed E-state index contributed by atoms with van der Waals surface area (Å²) in [6, 6.07) is 8.16. The summed E-state index contributed by atoms with van der Waals surface area (Å²) in [7, 11) is -4.03. The minimum absolute atomic E-state index is 0.0940. The van der Waals surface area contributed by atoms with E-state index in [0.29, 0.717) is 16.1 Å². The van der Waals surface area contributed by atoms with E-state index in [9.17, 15) is 26.4 Å². The Hall–Kier alpha value is -2.75. The maximum Gasteiger partial charge on any atom is 0.416 e. The van der Waals surface area contributed by atoms with E-state index in [1.165, 1.54) is 13.0 Å². The van der Waals surface area contributed by atoms with Crippen LogP contribution in [0.1, 0.15) is 23.6 Å². The highest BCUT2D eigenvalue weighted by atomic mass is 32.2. The monoisotopic (exact) mass is 458 g/mol. The number of hydrogen-bond donors (Lipinski definition) is 1. The van der Waals surface area contributed by atoms with Crippen LogP contribution in [-0.2, 0) is 21.0 Å². The number of anilines is 1. The smallest absolute Gasteiger partial charge is 0.416 e. The molecule has 0 radical (unpaired) electrons. The molecule has 1 N–H and O–H groups in total. The minimum Gasteiger partial charge on any atom is -0.491 e. The van der Waals surface area contributed by atoms with Crippen molar-refractivity contribution in [2.45, 2.75) is 33.0 Å². The largest absolute Gasteiger partial charge is 0.491 e. The molecule has 170 valence electrons. The minimum atomic E-state index is -4.64. The second-order valence-corrected chi connectivity index (χ2v) is 8.98. The van der Waals surface area contributed by atoms with Gasteiger partial charge in [-0.3, -0.25) is 9.10 Å². The summed E-state index contributed by atoms with van der Waals surface area (Å²) in [5.74, 6) is 0.0106. The standard InChI is InChI=1S/C21H25F3N2O4S/c1-14-7-5-10-19(15(14)2)30-12-11-25-20(27)16(3)26(31(4,28)29)18-9-6-8-17(13-18)21(22,23)24/h5-10,13,16H,11-12H2,1-4H3,(H,25,27)/t16-/m0/s1. The summed E-state index contributed by atoms with van der Waals surface area (Å²) in [5.41, 5.74) is 0.773. The molecule has 2 aromatic carbocycles. The molecular weight excluding hydrogens is 433 g/mol. The van der Waals surface area contributed by atoms with Gasteiger partial charge >= 0.3 is 6.18 Å². The van der Waals surface area contributed by atoms with E-state index in [-0.39, 0.29) is 18.8 Å². The molecule has 0 unspecified atom stereocenters. The fraction of sp³-hybridized carbons (Fsp3) is 0.381. The van der Waals surface area contributed by atoms with Crippen LogP contribution in [0.4, 0.5) is 18.9 Å². The summed E-state index contributed by atoms with van der Waals surface area (Å²) in [6.45, 7) is 5.40. The van der Waals surface area contributed by atoms with Gasteiger partial charge in [0.2, 0.25) is 15.9 Å². The number of amides is 1. The Morgan fingerprint density at radius 2 is 1.81 bits per heavy atom. The Labute approximate surface area is 180 Å². The zero-order valence-corrected chi connectivity index (χ0v) is 18.5. The molecule has 31 heavy (non-hydrogen) atoms. The molecule has 0 fully saturated rings. The van der Waals surface area contributed by atoms with Crippen LogP contribution >= 0.6 is 0 Å². The van der Waals surface area contributed by atoms with E-state index in [1.54, 1.807) is 6.07 Å². The molecule has 0 saturated heterocycles. The van der Waals surface area contributed by atoms with Crippen LogP contribution in [0.3, 0.4) is 0 Å². The zero-order chi connectivity index (χ0) is 23.4. The number of benzene rings is 2. The van der Waals surface area contributed by atoms with Crippen molar-refractivity contribution >= 4 is 21.6 Å². The van der Waals surface area contributed by atoms with Crippen molar-refractivity contribution in [1.29, 1.82) is 0 Å². The summed E-state index contributed by atoms with van der Waals surface area (Å²) in [5, 5.41) is 2.56. The van der Waals surface area contributed by atoms with Gasteiger partial charge in [0.15, 0.2) is 0 Å². The second kappa shape index (κ2) is 9.59. The molecule has 0 spiro atoms. The molecule has 10 heteroatoms. The summed E-state index contributed by atoms with van der Waals surface area (Å²) in [6.07, 6.45) is -3.81. The average Bonchev–Trinajstić information content (AvgIpc) is 2.66. The molecule has 6 nitrogen and oxygen atoms in total. The maximum atomic E-state index is 13.0. The first-order valence-electron chi connectivity index (χ1n) is 9.45. The van der Waals surface area contributed by atoms with Gasteiger partial charge in [-0.1, -0.05) is 18.2 Å². The Morgan fingerprint density at radius 1 is 1.16 bits per heavy atom. The van der Waals surface area contributed by atoms with E-state index >= 15 is 0 Å². The topological polar surface area (TPSA) is 75.7 Å². The normalized spacial score (nSPS) is 12.9. The fourth-order valence-corrected chi connectivity index (χ4v) is 4.16. The molecule has 0 aliphatic carbocycles. The number of nitrogens with one attached hydrogen (secondary N) is 1. The molecule has 0 aromatic heterocycles. The summed E-state index contributed by atoms with van der Waals surface area (Å²) in [4.78, 5) is 12.5. The molecular formula is C21H25F3N2O4S. The van der Waals surface area contributed by atoms with Gasteiger partial charge in [0, 0.05) is 0 Å². The lowest BCUT2D eigenvalue weighted by Crippen LogP contribution is -2.48. The van der Waals surface area contributed by atoms with Gasteiger partial charge < -0.3 is 10.1 Å². The highest BCUT2D eigenvalue weighted by Crippen LogP contribution is 2.32. The first kappa shape index (κ1) is 24.5. The molecule has 0 aliphatic heterocycles.